The van der Waals surface area contributed by atoms with Crippen LogP contribution >= 0.6 is 0 Å². The molecule has 13 heavy (non-hydrogen) atoms. The van der Waals surface area contributed by atoms with Gasteiger partial charge in [0.15, 0.2) is 6.10 Å². The molecule has 2 saturated heterocycles. The first-order valence-electron chi connectivity index (χ1n) is 4.27. The van der Waals surface area contributed by atoms with Crippen LogP contribution in [0.5, 0.6) is 0 Å². The van der Waals surface area contributed by atoms with E-state index in [-0.39, 0.29) is 30.9 Å². The summed E-state index contributed by atoms with van der Waals surface area (Å²) >= 11 is 0. The van der Waals surface area contributed by atoms with E-state index in [2.05, 4.69) is 0 Å². The number of rotatable bonds is 1. The lowest BCUT2D eigenvalue weighted by molar-refractivity contribution is -0.151. The van der Waals surface area contributed by atoms with E-state index < -0.39 is 6.10 Å². The molecule has 0 saturated carbocycles. The van der Waals surface area contributed by atoms with Crippen LogP contribution in [0, 0.1) is 0 Å². The van der Waals surface area contributed by atoms with E-state index in [1.54, 1.807) is 0 Å². The summed E-state index contributed by atoms with van der Waals surface area (Å²) in [6, 6.07) is 0. The van der Waals surface area contributed by atoms with Gasteiger partial charge in [-0.3, -0.25) is 4.79 Å². The fourth-order valence-corrected chi connectivity index (χ4v) is 1.76. The highest BCUT2D eigenvalue weighted by Crippen LogP contribution is 2.28. The average Bonchev–Trinajstić information content (AvgIpc) is 2.56. The van der Waals surface area contributed by atoms with Crippen molar-refractivity contribution in [2.75, 3.05) is 13.2 Å². The zero-order chi connectivity index (χ0) is 9.42. The molecule has 5 heteroatoms. The predicted octanol–water partition coefficient (Wildman–Crippen LogP) is -0.923. The summed E-state index contributed by atoms with van der Waals surface area (Å²) in [6.45, 7) is 1.91. The van der Waals surface area contributed by atoms with Crippen molar-refractivity contribution >= 4 is 5.97 Å². The van der Waals surface area contributed by atoms with Crippen molar-refractivity contribution in [2.45, 2.75) is 31.3 Å². The molecule has 5 nitrogen and oxygen atoms in total. The molecule has 2 heterocycles. The van der Waals surface area contributed by atoms with Crippen LogP contribution in [0.1, 0.15) is 6.92 Å². The average molecular weight is 188 g/mol. The Labute approximate surface area is 75.6 Å². The molecule has 0 aromatic carbocycles. The minimum atomic E-state index is -0.592. The Hall–Kier alpha value is -0.650. The van der Waals surface area contributed by atoms with Crippen LogP contribution in [0.2, 0.25) is 0 Å². The van der Waals surface area contributed by atoms with Crippen molar-refractivity contribution in [1.82, 2.24) is 0 Å². The molecule has 2 aliphatic heterocycles. The monoisotopic (exact) mass is 188 g/mol. The number of carbonyl (C=O) groups is 1. The minimum Gasteiger partial charge on any atom is -0.457 e. The Morgan fingerprint density at radius 3 is 2.77 bits per heavy atom. The summed E-state index contributed by atoms with van der Waals surface area (Å²) in [6.07, 6.45) is -1.58. The van der Waals surface area contributed by atoms with Gasteiger partial charge in [0.2, 0.25) is 0 Å². The number of ether oxygens (including phenoxy) is 3. The topological polar surface area (TPSA) is 65.0 Å². The van der Waals surface area contributed by atoms with Crippen molar-refractivity contribution in [3.05, 3.63) is 0 Å². The highest BCUT2D eigenvalue weighted by molar-refractivity contribution is 5.66. The number of carbonyl (C=O) groups excluding carboxylic acids is 1. The molecule has 0 unspecified atom stereocenters. The van der Waals surface area contributed by atoms with Crippen LogP contribution < -0.4 is 0 Å². The normalized spacial score (nSPS) is 43.2. The first-order valence-corrected chi connectivity index (χ1v) is 4.27. The third-order valence-electron chi connectivity index (χ3n) is 2.30. The van der Waals surface area contributed by atoms with Crippen molar-refractivity contribution < 1.29 is 24.1 Å². The van der Waals surface area contributed by atoms with Crippen LogP contribution in [0.4, 0.5) is 0 Å². The summed E-state index contributed by atoms with van der Waals surface area (Å²) in [5.41, 5.74) is 0. The Kier molecular flexibility index (Phi) is 2.23. The Morgan fingerprint density at radius 2 is 2.08 bits per heavy atom. The zero-order valence-electron chi connectivity index (χ0n) is 7.30. The van der Waals surface area contributed by atoms with Gasteiger partial charge in [-0.2, -0.15) is 0 Å². The van der Waals surface area contributed by atoms with Gasteiger partial charge >= 0.3 is 5.97 Å². The largest absolute Gasteiger partial charge is 0.457 e. The van der Waals surface area contributed by atoms with Gasteiger partial charge in [-0.05, 0) is 0 Å². The molecular formula is C8H12O5. The number of aliphatic hydroxyl groups is 1. The van der Waals surface area contributed by atoms with Crippen LogP contribution in [0.15, 0.2) is 0 Å². The van der Waals surface area contributed by atoms with Crippen molar-refractivity contribution in [2.24, 2.45) is 0 Å². The Bertz CT molecular complexity index is 217. The van der Waals surface area contributed by atoms with Crippen molar-refractivity contribution in [1.29, 1.82) is 0 Å². The number of fused-ring (bicyclic) bond motifs is 1. The molecule has 2 rings (SSSR count). The standard InChI is InChI=1S/C8H12O5/c1-4(9)13-6-3-12-7-5(10)2-11-8(6)7/h5-8,10H,2-3H2,1H3/t5-,6-,7-,8+/m0/s1. The quantitative estimate of drug-likeness (QED) is 0.539. The molecule has 2 fully saturated rings. The summed E-state index contributed by atoms with van der Waals surface area (Å²) in [5, 5.41) is 9.36. The van der Waals surface area contributed by atoms with E-state index in [0.29, 0.717) is 6.61 Å². The van der Waals surface area contributed by atoms with E-state index in [1.165, 1.54) is 6.92 Å². The molecule has 0 amide bonds. The van der Waals surface area contributed by atoms with E-state index in [9.17, 15) is 9.90 Å². The molecule has 0 aliphatic carbocycles. The second-order valence-electron chi connectivity index (χ2n) is 3.31. The molecule has 4 atom stereocenters. The number of aliphatic hydroxyl groups excluding tert-OH is 1. The first-order chi connectivity index (χ1) is 6.18. The molecule has 0 aromatic heterocycles. The fourth-order valence-electron chi connectivity index (χ4n) is 1.76. The van der Waals surface area contributed by atoms with Crippen molar-refractivity contribution in [3.63, 3.8) is 0 Å². The second-order valence-corrected chi connectivity index (χ2v) is 3.31. The Morgan fingerprint density at radius 1 is 1.38 bits per heavy atom. The zero-order valence-corrected chi connectivity index (χ0v) is 7.30. The molecule has 74 valence electrons. The van der Waals surface area contributed by atoms with Gasteiger partial charge < -0.3 is 19.3 Å². The maximum absolute atomic E-state index is 10.7. The van der Waals surface area contributed by atoms with Gasteiger partial charge in [0.25, 0.3) is 0 Å². The maximum Gasteiger partial charge on any atom is 0.303 e. The van der Waals surface area contributed by atoms with E-state index in [0.717, 1.165) is 0 Å². The fraction of sp³-hybridized carbons (Fsp3) is 0.875. The molecule has 0 aromatic rings. The van der Waals surface area contributed by atoms with Crippen LogP contribution in [0.25, 0.3) is 0 Å². The lowest BCUT2D eigenvalue weighted by Crippen LogP contribution is -2.33. The maximum atomic E-state index is 10.7. The first kappa shape index (κ1) is 8.93. The van der Waals surface area contributed by atoms with Crippen LogP contribution in [-0.2, 0) is 19.0 Å². The SMILES string of the molecule is CC(=O)O[C@H]1CO[C@@H]2[C@@H]1OC[C@@H]2O. The van der Waals surface area contributed by atoms with Gasteiger partial charge in [-0.25, -0.2) is 0 Å². The molecule has 1 N–H and O–H groups in total. The van der Waals surface area contributed by atoms with Crippen LogP contribution in [-0.4, -0.2) is 48.7 Å². The van der Waals surface area contributed by atoms with Gasteiger partial charge in [0, 0.05) is 6.92 Å². The molecule has 0 spiro atoms. The highest BCUT2D eigenvalue weighted by atomic mass is 16.6. The Balaban J connectivity index is 1.98. The van der Waals surface area contributed by atoms with E-state index in [4.69, 9.17) is 14.2 Å². The minimum absolute atomic E-state index is 0.257. The molecule has 2 aliphatic rings. The lowest BCUT2D eigenvalue weighted by atomic mass is 10.1. The third kappa shape index (κ3) is 1.54. The predicted molar refractivity (Wildman–Crippen MR) is 41.0 cm³/mol. The van der Waals surface area contributed by atoms with Crippen molar-refractivity contribution in [3.8, 4) is 0 Å². The smallest absolute Gasteiger partial charge is 0.303 e. The summed E-state index contributed by atoms with van der Waals surface area (Å²) in [4.78, 5) is 10.7. The summed E-state index contributed by atoms with van der Waals surface area (Å²) in [5.74, 6) is -0.348. The van der Waals surface area contributed by atoms with Gasteiger partial charge in [-0.1, -0.05) is 0 Å². The number of hydrogen-bond acceptors (Lipinski definition) is 5. The lowest BCUT2D eigenvalue weighted by Gasteiger charge is -2.14. The number of hydrogen-bond donors (Lipinski definition) is 1. The molecule has 0 radical (unpaired) electrons. The summed E-state index contributed by atoms with van der Waals surface area (Å²) < 4.78 is 15.5. The summed E-state index contributed by atoms with van der Waals surface area (Å²) in [7, 11) is 0. The second kappa shape index (κ2) is 3.25. The van der Waals surface area contributed by atoms with E-state index in [1.807, 2.05) is 0 Å². The van der Waals surface area contributed by atoms with E-state index >= 15 is 0 Å². The van der Waals surface area contributed by atoms with Crippen LogP contribution in [0.3, 0.4) is 0 Å². The number of esters is 1. The third-order valence-corrected chi connectivity index (χ3v) is 2.30. The molecular weight excluding hydrogens is 176 g/mol. The van der Waals surface area contributed by atoms with Gasteiger partial charge in [-0.15, -0.1) is 0 Å². The van der Waals surface area contributed by atoms with Gasteiger partial charge in [0.05, 0.1) is 13.2 Å². The molecule has 0 bridgehead atoms. The highest BCUT2D eigenvalue weighted by Gasteiger charge is 2.48. The van der Waals surface area contributed by atoms with Gasteiger partial charge in [0.1, 0.15) is 18.3 Å².